The maximum atomic E-state index is 8.53. The van der Waals surface area contributed by atoms with Gasteiger partial charge in [-0.25, -0.2) is 0 Å². The quantitative estimate of drug-likeness (QED) is 0.488. The van der Waals surface area contributed by atoms with Gasteiger partial charge in [0.15, 0.2) is 5.11 Å². The SMILES string of the molecule is C[C@@H]1C[C@@H](C#N)NC(=S)N1. The molecule has 2 N–H and O–H groups in total. The molecule has 1 heterocycles. The van der Waals surface area contributed by atoms with Crippen LogP contribution in [0.1, 0.15) is 13.3 Å². The average molecular weight is 155 g/mol. The van der Waals surface area contributed by atoms with Crippen molar-refractivity contribution >= 4 is 17.3 Å². The first-order valence-corrected chi connectivity index (χ1v) is 3.60. The van der Waals surface area contributed by atoms with Crippen molar-refractivity contribution in [2.24, 2.45) is 0 Å². The summed E-state index contributed by atoms with van der Waals surface area (Å²) in [5, 5.41) is 15.0. The smallest absolute Gasteiger partial charge is 0.167 e. The van der Waals surface area contributed by atoms with E-state index in [2.05, 4.69) is 16.7 Å². The Labute approximate surface area is 65.4 Å². The lowest BCUT2D eigenvalue weighted by molar-refractivity contribution is 0.500. The number of rotatable bonds is 0. The van der Waals surface area contributed by atoms with Crippen molar-refractivity contribution in [3.63, 3.8) is 0 Å². The van der Waals surface area contributed by atoms with Gasteiger partial charge >= 0.3 is 0 Å². The van der Waals surface area contributed by atoms with Crippen molar-refractivity contribution < 1.29 is 0 Å². The fourth-order valence-electron chi connectivity index (χ4n) is 0.980. The molecule has 2 atom stereocenters. The molecule has 1 aliphatic rings. The maximum Gasteiger partial charge on any atom is 0.167 e. The monoisotopic (exact) mass is 155 g/mol. The molecule has 0 aromatic rings. The van der Waals surface area contributed by atoms with Gasteiger partial charge in [0.1, 0.15) is 6.04 Å². The Morgan fingerprint density at radius 3 is 2.90 bits per heavy atom. The minimum atomic E-state index is -0.108. The zero-order valence-corrected chi connectivity index (χ0v) is 6.53. The van der Waals surface area contributed by atoms with Crippen molar-refractivity contribution in [3.8, 4) is 6.07 Å². The molecule has 0 bridgehead atoms. The van der Waals surface area contributed by atoms with Crippen LogP contribution >= 0.6 is 12.2 Å². The Bertz CT molecular complexity index is 184. The predicted molar refractivity (Wildman–Crippen MR) is 42.3 cm³/mol. The highest BCUT2D eigenvalue weighted by Gasteiger charge is 2.19. The van der Waals surface area contributed by atoms with E-state index in [0.29, 0.717) is 11.2 Å². The minimum Gasteiger partial charge on any atom is -0.360 e. The van der Waals surface area contributed by atoms with Gasteiger partial charge in [0.2, 0.25) is 0 Å². The summed E-state index contributed by atoms with van der Waals surface area (Å²) in [5.41, 5.74) is 0. The summed E-state index contributed by atoms with van der Waals surface area (Å²) in [4.78, 5) is 0. The first-order chi connectivity index (χ1) is 4.72. The van der Waals surface area contributed by atoms with E-state index in [9.17, 15) is 0 Å². The van der Waals surface area contributed by atoms with Gasteiger partial charge in [-0.05, 0) is 19.1 Å². The van der Waals surface area contributed by atoms with Crippen LogP contribution in [0.15, 0.2) is 0 Å². The molecule has 0 saturated carbocycles. The molecule has 0 aliphatic carbocycles. The molecule has 0 amide bonds. The van der Waals surface area contributed by atoms with Gasteiger partial charge in [0.25, 0.3) is 0 Å². The summed E-state index contributed by atoms with van der Waals surface area (Å²) in [6.45, 7) is 2.01. The van der Waals surface area contributed by atoms with Crippen molar-refractivity contribution in [1.82, 2.24) is 10.6 Å². The van der Waals surface area contributed by atoms with Crippen LogP contribution in [0.4, 0.5) is 0 Å². The molecule has 4 heteroatoms. The van der Waals surface area contributed by atoms with Crippen LogP contribution in [-0.4, -0.2) is 17.2 Å². The topological polar surface area (TPSA) is 47.9 Å². The first kappa shape index (κ1) is 7.29. The summed E-state index contributed by atoms with van der Waals surface area (Å²) in [7, 11) is 0. The van der Waals surface area contributed by atoms with Gasteiger partial charge in [0.05, 0.1) is 6.07 Å². The van der Waals surface area contributed by atoms with Gasteiger partial charge in [-0.15, -0.1) is 0 Å². The van der Waals surface area contributed by atoms with Crippen LogP contribution in [0.2, 0.25) is 0 Å². The largest absolute Gasteiger partial charge is 0.360 e. The molecule has 1 aliphatic heterocycles. The van der Waals surface area contributed by atoms with Crippen molar-refractivity contribution in [2.75, 3.05) is 0 Å². The van der Waals surface area contributed by atoms with E-state index in [1.54, 1.807) is 0 Å². The van der Waals surface area contributed by atoms with Crippen LogP contribution in [0, 0.1) is 11.3 Å². The number of nitrogens with zero attached hydrogens (tertiary/aromatic N) is 1. The Hall–Kier alpha value is -0.820. The average Bonchev–Trinajstić information content (AvgIpc) is 1.85. The van der Waals surface area contributed by atoms with E-state index in [1.165, 1.54) is 0 Å². The Kier molecular flexibility index (Phi) is 2.07. The second kappa shape index (κ2) is 2.84. The van der Waals surface area contributed by atoms with Crippen molar-refractivity contribution in [1.29, 1.82) is 5.26 Å². The molecule has 10 heavy (non-hydrogen) atoms. The van der Waals surface area contributed by atoms with Crippen LogP contribution in [0.25, 0.3) is 0 Å². The number of nitriles is 1. The molecular weight excluding hydrogens is 146 g/mol. The molecule has 54 valence electrons. The lowest BCUT2D eigenvalue weighted by Gasteiger charge is -2.26. The minimum absolute atomic E-state index is 0.108. The third-order valence-corrected chi connectivity index (χ3v) is 1.66. The second-order valence-corrected chi connectivity index (χ2v) is 2.84. The first-order valence-electron chi connectivity index (χ1n) is 3.19. The number of nitrogens with one attached hydrogen (secondary N) is 2. The van der Waals surface area contributed by atoms with E-state index in [1.807, 2.05) is 6.92 Å². The molecule has 1 rings (SSSR count). The van der Waals surface area contributed by atoms with Gasteiger partial charge in [-0.2, -0.15) is 5.26 Å². The van der Waals surface area contributed by atoms with Gasteiger partial charge in [-0.1, -0.05) is 0 Å². The summed E-state index contributed by atoms with van der Waals surface area (Å²) >= 11 is 4.85. The highest BCUT2D eigenvalue weighted by molar-refractivity contribution is 7.80. The number of hydrogen-bond donors (Lipinski definition) is 2. The molecule has 0 unspecified atom stereocenters. The molecule has 0 spiro atoms. The van der Waals surface area contributed by atoms with Crippen LogP contribution in [0.3, 0.4) is 0 Å². The summed E-state index contributed by atoms with van der Waals surface area (Å²) in [6.07, 6.45) is 0.816. The fraction of sp³-hybridized carbons (Fsp3) is 0.667. The highest BCUT2D eigenvalue weighted by Crippen LogP contribution is 2.01. The summed E-state index contributed by atoms with van der Waals surface area (Å²) in [6, 6.07) is 2.34. The molecule has 0 radical (unpaired) electrons. The van der Waals surface area contributed by atoms with Crippen LogP contribution in [0.5, 0.6) is 0 Å². The summed E-state index contributed by atoms with van der Waals surface area (Å²) < 4.78 is 0. The molecular formula is C6H9N3S. The maximum absolute atomic E-state index is 8.53. The predicted octanol–water partition coefficient (Wildman–Crippen LogP) is 0.135. The van der Waals surface area contributed by atoms with Crippen molar-refractivity contribution in [3.05, 3.63) is 0 Å². The molecule has 0 aromatic heterocycles. The van der Waals surface area contributed by atoms with E-state index < -0.39 is 0 Å². The lowest BCUT2D eigenvalue weighted by Crippen LogP contribution is -2.52. The Morgan fingerprint density at radius 1 is 1.70 bits per heavy atom. The van der Waals surface area contributed by atoms with E-state index in [4.69, 9.17) is 17.5 Å². The van der Waals surface area contributed by atoms with Gasteiger partial charge in [0, 0.05) is 12.5 Å². The van der Waals surface area contributed by atoms with E-state index in [-0.39, 0.29) is 6.04 Å². The number of thiocarbonyl (C=S) groups is 1. The zero-order chi connectivity index (χ0) is 7.56. The fourth-order valence-corrected chi connectivity index (χ4v) is 1.32. The van der Waals surface area contributed by atoms with Gasteiger partial charge < -0.3 is 10.6 Å². The third kappa shape index (κ3) is 1.58. The lowest BCUT2D eigenvalue weighted by atomic mass is 10.1. The second-order valence-electron chi connectivity index (χ2n) is 2.44. The molecule has 1 fully saturated rings. The molecule has 3 nitrogen and oxygen atoms in total. The molecule has 0 aromatic carbocycles. The Balaban J connectivity index is 2.52. The highest BCUT2D eigenvalue weighted by atomic mass is 32.1. The van der Waals surface area contributed by atoms with Crippen molar-refractivity contribution in [2.45, 2.75) is 25.4 Å². The standard InChI is InChI=1S/C6H9N3S/c1-4-2-5(3-7)9-6(10)8-4/h4-5H,2H2,1H3,(H2,8,9,10)/t4-,5+/m1/s1. The van der Waals surface area contributed by atoms with E-state index in [0.717, 1.165) is 6.42 Å². The number of hydrogen-bond acceptors (Lipinski definition) is 2. The van der Waals surface area contributed by atoms with E-state index >= 15 is 0 Å². The molecule has 1 saturated heterocycles. The van der Waals surface area contributed by atoms with Crippen LogP contribution in [-0.2, 0) is 0 Å². The Morgan fingerprint density at radius 2 is 2.40 bits per heavy atom. The van der Waals surface area contributed by atoms with Gasteiger partial charge in [-0.3, -0.25) is 0 Å². The third-order valence-electron chi connectivity index (χ3n) is 1.43. The zero-order valence-electron chi connectivity index (χ0n) is 5.72. The van der Waals surface area contributed by atoms with Crippen LogP contribution < -0.4 is 10.6 Å². The normalized spacial score (nSPS) is 31.8. The summed E-state index contributed by atoms with van der Waals surface area (Å²) in [5.74, 6) is 0.